The van der Waals surface area contributed by atoms with Gasteiger partial charge < -0.3 is 9.80 Å². The van der Waals surface area contributed by atoms with Crippen LogP contribution in [0.5, 0.6) is 0 Å². The van der Waals surface area contributed by atoms with Gasteiger partial charge in [0, 0.05) is 20.1 Å². The molecule has 82 valence electrons. The highest BCUT2D eigenvalue weighted by Gasteiger charge is 2.33. The van der Waals surface area contributed by atoms with Crippen molar-refractivity contribution in [1.82, 2.24) is 9.80 Å². The smallest absolute Gasteiger partial charge is 0.325 e. The van der Waals surface area contributed by atoms with Gasteiger partial charge in [-0.25, -0.2) is 4.79 Å². The highest BCUT2D eigenvalue weighted by molar-refractivity contribution is 5.74. The molecule has 0 atom stereocenters. The fraction of sp³-hybridized carbons (Fsp3) is 0.875. The lowest BCUT2D eigenvalue weighted by Gasteiger charge is -2.24. The number of hydrogen-bond donors (Lipinski definition) is 0. The minimum Gasteiger partial charge on any atom is -0.325 e. The minimum atomic E-state index is -4.32. The zero-order valence-electron chi connectivity index (χ0n) is 7.97. The van der Waals surface area contributed by atoms with Crippen molar-refractivity contribution in [3.8, 4) is 0 Å². The SMILES string of the molecule is CN(CC(F)(F)F)C(=O)N1CCCC1. The summed E-state index contributed by atoms with van der Waals surface area (Å²) in [7, 11) is 1.17. The second kappa shape index (κ2) is 4.06. The van der Waals surface area contributed by atoms with E-state index in [4.69, 9.17) is 0 Å². The molecule has 0 spiro atoms. The maximum atomic E-state index is 11.9. The molecule has 0 N–H and O–H groups in total. The van der Waals surface area contributed by atoms with Crippen LogP contribution in [0.25, 0.3) is 0 Å². The molecule has 1 aliphatic rings. The average molecular weight is 210 g/mol. The Morgan fingerprint density at radius 1 is 1.36 bits per heavy atom. The summed E-state index contributed by atoms with van der Waals surface area (Å²) in [6, 6.07) is -0.528. The van der Waals surface area contributed by atoms with E-state index in [0.717, 1.165) is 12.8 Å². The fourth-order valence-corrected chi connectivity index (χ4v) is 1.49. The number of carbonyl (C=O) groups excluding carboxylic acids is 1. The normalized spacial score (nSPS) is 17.3. The molecule has 2 amide bonds. The van der Waals surface area contributed by atoms with Gasteiger partial charge in [0.2, 0.25) is 0 Å². The topological polar surface area (TPSA) is 23.6 Å². The van der Waals surface area contributed by atoms with Crippen LogP contribution < -0.4 is 0 Å². The van der Waals surface area contributed by atoms with E-state index in [9.17, 15) is 18.0 Å². The standard InChI is InChI=1S/C8H13F3N2O/c1-12(6-8(9,10)11)7(14)13-4-2-3-5-13/h2-6H2,1H3. The van der Waals surface area contributed by atoms with Crippen LogP contribution in [0.1, 0.15) is 12.8 Å². The predicted molar refractivity (Wildman–Crippen MR) is 44.9 cm³/mol. The van der Waals surface area contributed by atoms with Gasteiger partial charge in [0.1, 0.15) is 6.54 Å². The Bertz CT molecular complexity index is 211. The molecule has 0 saturated carbocycles. The molecular weight excluding hydrogens is 197 g/mol. The lowest BCUT2D eigenvalue weighted by Crippen LogP contribution is -2.43. The van der Waals surface area contributed by atoms with E-state index in [2.05, 4.69) is 0 Å². The maximum absolute atomic E-state index is 11.9. The second-order valence-electron chi connectivity index (χ2n) is 3.45. The Hall–Kier alpha value is -0.940. The maximum Gasteiger partial charge on any atom is 0.406 e. The minimum absolute atomic E-state index is 0.528. The first-order valence-electron chi connectivity index (χ1n) is 4.47. The molecular formula is C8H13F3N2O. The molecule has 0 aliphatic carbocycles. The molecule has 0 aromatic carbocycles. The first-order valence-corrected chi connectivity index (χ1v) is 4.47. The summed E-state index contributed by atoms with van der Waals surface area (Å²) in [6.45, 7) is -0.0373. The largest absolute Gasteiger partial charge is 0.406 e. The highest BCUT2D eigenvalue weighted by Crippen LogP contribution is 2.17. The number of alkyl halides is 3. The summed E-state index contributed by atoms with van der Waals surface area (Å²) >= 11 is 0. The zero-order valence-corrected chi connectivity index (χ0v) is 7.97. The predicted octanol–water partition coefficient (Wildman–Crippen LogP) is 1.70. The summed E-state index contributed by atoms with van der Waals surface area (Å²) < 4.78 is 35.8. The molecule has 0 unspecified atom stereocenters. The molecule has 0 radical (unpaired) electrons. The quantitative estimate of drug-likeness (QED) is 0.646. The van der Waals surface area contributed by atoms with E-state index in [0.29, 0.717) is 18.0 Å². The molecule has 14 heavy (non-hydrogen) atoms. The van der Waals surface area contributed by atoms with Gasteiger partial charge in [-0.2, -0.15) is 13.2 Å². The van der Waals surface area contributed by atoms with Crippen molar-refractivity contribution in [2.45, 2.75) is 19.0 Å². The summed E-state index contributed by atoms with van der Waals surface area (Å²) in [6.07, 6.45) is -2.55. The number of carbonyl (C=O) groups is 1. The third kappa shape index (κ3) is 3.08. The number of halogens is 3. The van der Waals surface area contributed by atoms with E-state index in [-0.39, 0.29) is 0 Å². The number of hydrogen-bond acceptors (Lipinski definition) is 1. The van der Waals surface area contributed by atoms with Gasteiger partial charge in [-0.1, -0.05) is 0 Å². The van der Waals surface area contributed by atoms with Gasteiger partial charge in [0.15, 0.2) is 0 Å². The van der Waals surface area contributed by atoms with Gasteiger partial charge in [-0.3, -0.25) is 0 Å². The molecule has 3 nitrogen and oxygen atoms in total. The van der Waals surface area contributed by atoms with E-state index >= 15 is 0 Å². The lowest BCUT2D eigenvalue weighted by molar-refractivity contribution is -0.138. The van der Waals surface area contributed by atoms with Crippen LogP contribution in [-0.4, -0.2) is 48.7 Å². The van der Waals surface area contributed by atoms with Gasteiger partial charge >= 0.3 is 12.2 Å². The van der Waals surface area contributed by atoms with E-state index in [1.807, 2.05) is 0 Å². The first kappa shape index (κ1) is 11.1. The van der Waals surface area contributed by atoms with Crippen LogP contribution in [0.3, 0.4) is 0 Å². The number of rotatable bonds is 1. The Morgan fingerprint density at radius 3 is 2.29 bits per heavy atom. The lowest BCUT2D eigenvalue weighted by atomic mass is 10.4. The van der Waals surface area contributed by atoms with Crippen molar-refractivity contribution in [3.63, 3.8) is 0 Å². The van der Waals surface area contributed by atoms with Gasteiger partial charge in [0.05, 0.1) is 0 Å². The second-order valence-corrected chi connectivity index (χ2v) is 3.45. The first-order chi connectivity index (χ1) is 6.40. The van der Waals surface area contributed by atoms with Crippen LogP contribution in [0.15, 0.2) is 0 Å². The van der Waals surface area contributed by atoms with Crippen LogP contribution in [0.2, 0.25) is 0 Å². The summed E-state index contributed by atoms with van der Waals surface area (Å²) in [5.74, 6) is 0. The molecule has 0 aromatic rings. The van der Waals surface area contributed by atoms with Crippen LogP contribution in [-0.2, 0) is 0 Å². The van der Waals surface area contributed by atoms with Gasteiger partial charge in [-0.05, 0) is 12.8 Å². The fourth-order valence-electron chi connectivity index (χ4n) is 1.49. The third-order valence-electron chi connectivity index (χ3n) is 2.12. The highest BCUT2D eigenvalue weighted by atomic mass is 19.4. The molecule has 0 bridgehead atoms. The van der Waals surface area contributed by atoms with Crippen molar-refractivity contribution >= 4 is 6.03 Å². The van der Waals surface area contributed by atoms with E-state index < -0.39 is 18.8 Å². The molecule has 1 rings (SSSR count). The zero-order chi connectivity index (χ0) is 10.8. The molecule has 1 fully saturated rings. The Morgan fingerprint density at radius 2 is 1.86 bits per heavy atom. The number of urea groups is 1. The van der Waals surface area contributed by atoms with Crippen molar-refractivity contribution in [1.29, 1.82) is 0 Å². The molecule has 1 aliphatic heterocycles. The number of likely N-dealkylation sites (tertiary alicyclic amines) is 1. The van der Waals surface area contributed by atoms with Gasteiger partial charge in [0.25, 0.3) is 0 Å². The summed E-state index contributed by atoms with van der Waals surface area (Å²) in [5, 5.41) is 0. The third-order valence-corrected chi connectivity index (χ3v) is 2.12. The monoisotopic (exact) mass is 210 g/mol. The average Bonchev–Trinajstić information content (AvgIpc) is 2.51. The molecule has 6 heteroatoms. The Balaban J connectivity index is 2.43. The van der Waals surface area contributed by atoms with Crippen molar-refractivity contribution in [3.05, 3.63) is 0 Å². The van der Waals surface area contributed by atoms with Crippen molar-refractivity contribution < 1.29 is 18.0 Å². The van der Waals surface area contributed by atoms with Crippen LogP contribution >= 0.6 is 0 Å². The Kier molecular flexibility index (Phi) is 3.23. The van der Waals surface area contributed by atoms with Crippen molar-refractivity contribution in [2.24, 2.45) is 0 Å². The summed E-state index contributed by atoms with van der Waals surface area (Å²) in [5.41, 5.74) is 0. The van der Waals surface area contributed by atoms with Gasteiger partial charge in [-0.15, -0.1) is 0 Å². The molecule has 1 heterocycles. The molecule has 0 aromatic heterocycles. The number of amides is 2. The van der Waals surface area contributed by atoms with Crippen LogP contribution in [0.4, 0.5) is 18.0 Å². The van der Waals surface area contributed by atoms with Crippen molar-refractivity contribution in [2.75, 3.05) is 26.7 Å². The molecule has 1 saturated heterocycles. The van der Waals surface area contributed by atoms with E-state index in [1.54, 1.807) is 0 Å². The summed E-state index contributed by atoms with van der Waals surface area (Å²) in [4.78, 5) is 13.5. The van der Waals surface area contributed by atoms with Crippen LogP contribution in [0, 0.1) is 0 Å². The van der Waals surface area contributed by atoms with E-state index in [1.165, 1.54) is 11.9 Å². The number of nitrogens with zero attached hydrogens (tertiary/aromatic N) is 2. The Labute approximate surface area is 80.5 Å².